The van der Waals surface area contributed by atoms with Crippen LogP contribution < -0.4 is 14.8 Å². The molecule has 0 bridgehead atoms. The minimum atomic E-state index is -0.426. The van der Waals surface area contributed by atoms with Gasteiger partial charge in [0.05, 0.1) is 24.6 Å². The zero-order chi connectivity index (χ0) is 19.2. The number of rotatable bonds is 7. The second-order valence-electron chi connectivity index (χ2n) is 6.11. The van der Waals surface area contributed by atoms with Crippen molar-refractivity contribution in [3.05, 3.63) is 48.5 Å². The van der Waals surface area contributed by atoms with Crippen molar-refractivity contribution in [2.24, 2.45) is 0 Å². The molecule has 0 spiro atoms. The summed E-state index contributed by atoms with van der Waals surface area (Å²) < 4.78 is 10.9. The highest BCUT2D eigenvalue weighted by Crippen LogP contribution is 2.36. The van der Waals surface area contributed by atoms with Crippen LogP contribution >= 0.6 is 11.8 Å². The van der Waals surface area contributed by atoms with Gasteiger partial charge in [-0.05, 0) is 24.3 Å². The van der Waals surface area contributed by atoms with Gasteiger partial charge in [0.25, 0.3) is 0 Å². The monoisotopic (exact) mass is 386 g/mol. The second kappa shape index (κ2) is 8.81. The number of hydrogen-bond donors (Lipinski definition) is 1. The van der Waals surface area contributed by atoms with Gasteiger partial charge in [-0.2, -0.15) is 0 Å². The quantitative estimate of drug-likeness (QED) is 0.792. The predicted octanol–water partition coefficient (Wildman–Crippen LogP) is 3.04. The van der Waals surface area contributed by atoms with Gasteiger partial charge in [0.2, 0.25) is 11.8 Å². The maximum Gasteiger partial charge on any atom is 0.238 e. The van der Waals surface area contributed by atoms with Crippen LogP contribution in [0.1, 0.15) is 6.42 Å². The van der Waals surface area contributed by atoms with Gasteiger partial charge < -0.3 is 19.7 Å². The van der Waals surface area contributed by atoms with Crippen molar-refractivity contribution in [2.75, 3.05) is 32.6 Å². The number of nitrogens with zero attached hydrogens (tertiary/aromatic N) is 1. The minimum absolute atomic E-state index is 0.0920. The normalized spacial score (nSPS) is 15.5. The molecule has 0 saturated carbocycles. The number of ether oxygens (including phenoxy) is 2. The Morgan fingerprint density at radius 2 is 1.85 bits per heavy atom. The van der Waals surface area contributed by atoms with Gasteiger partial charge in [0, 0.05) is 18.4 Å². The molecule has 142 valence electrons. The third-order valence-corrected chi connectivity index (χ3v) is 5.52. The highest BCUT2D eigenvalue weighted by atomic mass is 32.2. The summed E-state index contributed by atoms with van der Waals surface area (Å²) in [7, 11) is 3.30. The van der Waals surface area contributed by atoms with E-state index in [1.165, 1.54) is 11.8 Å². The number of carbonyl (C=O) groups is 2. The molecule has 1 aliphatic rings. The average Bonchev–Trinajstić information content (AvgIpc) is 2.68. The number of benzene rings is 2. The zero-order valence-corrected chi connectivity index (χ0v) is 16.1. The lowest BCUT2D eigenvalue weighted by Gasteiger charge is -2.25. The lowest BCUT2D eigenvalue weighted by atomic mass is 10.2. The number of para-hydroxylation sites is 3. The molecule has 6 nitrogen and oxygen atoms in total. The van der Waals surface area contributed by atoms with Crippen LogP contribution in [0.5, 0.6) is 11.5 Å². The number of likely N-dealkylation sites (N-methyl/N-ethyl adjacent to an activating group) is 1. The first-order chi connectivity index (χ1) is 13.1. The van der Waals surface area contributed by atoms with Gasteiger partial charge in [-0.3, -0.25) is 9.59 Å². The Hall–Kier alpha value is -2.67. The summed E-state index contributed by atoms with van der Waals surface area (Å²) >= 11 is 1.43. The van der Waals surface area contributed by atoms with Crippen molar-refractivity contribution in [3.8, 4) is 11.5 Å². The molecule has 2 aromatic carbocycles. The van der Waals surface area contributed by atoms with E-state index in [-0.39, 0.29) is 18.2 Å². The molecule has 0 fully saturated rings. The number of thioether (sulfide) groups is 1. The molecule has 2 amide bonds. The number of methoxy groups -OCH3 is 1. The molecule has 27 heavy (non-hydrogen) atoms. The summed E-state index contributed by atoms with van der Waals surface area (Å²) in [5.74, 6) is 1.07. The van der Waals surface area contributed by atoms with Gasteiger partial charge in [0.15, 0.2) is 11.5 Å². The predicted molar refractivity (Wildman–Crippen MR) is 105 cm³/mol. The Kier molecular flexibility index (Phi) is 6.24. The lowest BCUT2D eigenvalue weighted by Crippen LogP contribution is -2.37. The summed E-state index contributed by atoms with van der Waals surface area (Å²) in [5.41, 5.74) is 0.801. The van der Waals surface area contributed by atoms with Crippen molar-refractivity contribution in [2.45, 2.75) is 16.6 Å². The van der Waals surface area contributed by atoms with Crippen molar-refractivity contribution in [3.63, 3.8) is 0 Å². The SMILES string of the molecule is COc1ccccc1OCCN(C)C(=O)CC1Sc2ccccc2NC1=O. The van der Waals surface area contributed by atoms with Crippen LogP contribution in [0, 0.1) is 0 Å². The van der Waals surface area contributed by atoms with Crippen LogP contribution in [0.25, 0.3) is 0 Å². The average molecular weight is 386 g/mol. The molecule has 0 aromatic heterocycles. The van der Waals surface area contributed by atoms with E-state index in [4.69, 9.17) is 9.47 Å². The molecule has 1 atom stereocenters. The molecule has 0 saturated heterocycles. The van der Waals surface area contributed by atoms with E-state index in [0.717, 1.165) is 10.6 Å². The van der Waals surface area contributed by atoms with Crippen molar-refractivity contribution < 1.29 is 19.1 Å². The molecule has 7 heteroatoms. The van der Waals surface area contributed by atoms with E-state index in [1.807, 2.05) is 48.5 Å². The molecule has 0 aliphatic carbocycles. The standard InChI is InChI=1S/C20H22N2O4S/c1-22(11-12-26-16-9-5-4-8-15(16)25-2)19(23)13-18-20(24)21-14-7-3-6-10-17(14)27-18/h3-10,18H,11-13H2,1-2H3,(H,21,24). The molecule has 3 rings (SSSR count). The van der Waals surface area contributed by atoms with E-state index in [0.29, 0.717) is 24.7 Å². The van der Waals surface area contributed by atoms with E-state index < -0.39 is 5.25 Å². The molecule has 0 radical (unpaired) electrons. The van der Waals surface area contributed by atoms with E-state index >= 15 is 0 Å². The first kappa shape index (κ1) is 19.1. The fourth-order valence-electron chi connectivity index (χ4n) is 2.70. The van der Waals surface area contributed by atoms with Crippen LogP contribution in [0.3, 0.4) is 0 Å². The fraction of sp³-hybridized carbons (Fsp3) is 0.300. The third-order valence-electron chi connectivity index (χ3n) is 4.25. The summed E-state index contributed by atoms with van der Waals surface area (Å²) in [4.78, 5) is 27.3. The Bertz CT molecular complexity index is 827. The maximum atomic E-state index is 12.5. The Morgan fingerprint density at radius 3 is 2.63 bits per heavy atom. The van der Waals surface area contributed by atoms with Gasteiger partial charge >= 0.3 is 0 Å². The third kappa shape index (κ3) is 4.74. The Balaban J connectivity index is 1.50. The highest BCUT2D eigenvalue weighted by molar-refractivity contribution is 8.01. The fourth-order valence-corrected chi connectivity index (χ4v) is 3.80. The van der Waals surface area contributed by atoms with E-state index in [1.54, 1.807) is 19.1 Å². The number of amides is 2. The number of anilines is 1. The Labute approximate surface area is 162 Å². The summed E-state index contributed by atoms with van der Waals surface area (Å²) in [6, 6.07) is 15.0. The molecular formula is C20H22N2O4S. The summed E-state index contributed by atoms with van der Waals surface area (Å²) in [6.07, 6.45) is 0.149. The zero-order valence-electron chi connectivity index (χ0n) is 15.3. The van der Waals surface area contributed by atoms with Crippen LogP contribution in [0.2, 0.25) is 0 Å². The molecule has 1 unspecified atom stereocenters. The van der Waals surface area contributed by atoms with Gasteiger partial charge in [-0.25, -0.2) is 0 Å². The highest BCUT2D eigenvalue weighted by Gasteiger charge is 2.29. The first-order valence-corrected chi connectivity index (χ1v) is 9.53. The summed E-state index contributed by atoms with van der Waals surface area (Å²) in [5, 5.41) is 2.44. The second-order valence-corrected chi connectivity index (χ2v) is 7.36. The van der Waals surface area contributed by atoms with Crippen LogP contribution in [-0.2, 0) is 9.59 Å². The van der Waals surface area contributed by atoms with Gasteiger partial charge in [-0.1, -0.05) is 24.3 Å². The van der Waals surface area contributed by atoms with Crippen molar-refractivity contribution in [1.29, 1.82) is 0 Å². The van der Waals surface area contributed by atoms with E-state index in [2.05, 4.69) is 5.32 Å². The molecule has 1 N–H and O–H groups in total. The topological polar surface area (TPSA) is 67.9 Å². The summed E-state index contributed by atoms with van der Waals surface area (Å²) in [6.45, 7) is 0.766. The first-order valence-electron chi connectivity index (χ1n) is 8.65. The van der Waals surface area contributed by atoms with Gasteiger partial charge in [0.1, 0.15) is 6.61 Å². The number of nitrogens with one attached hydrogen (secondary N) is 1. The molecular weight excluding hydrogens is 364 g/mol. The lowest BCUT2D eigenvalue weighted by molar-refractivity contribution is -0.131. The van der Waals surface area contributed by atoms with Crippen molar-refractivity contribution in [1.82, 2.24) is 4.90 Å². The van der Waals surface area contributed by atoms with E-state index in [9.17, 15) is 9.59 Å². The van der Waals surface area contributed by atoms with Crippen LogP contribution in [0.4, 0.5) is 5.69 Å². The number of carbonyl (C=O) groups excluding carboxylic acids is 2. The van der Waals surface area contributed by atoms with Gasteiger partial charge in [-0.15, -0.1) is 11.8 Å². The smallest absolute Gasteiger partial charge is 0.238 e. The number of fused-ring (bicyclic) bond motifs is 1. The largest absolute Gasteiger partial charge is 0.493 e. The minimum Gasteiger partial charge on any atom is -0.493 e. The van der Waals surface area contributed by atoms with Crippen molar-refractivity contribution >= 4 is 29.3 Å². The van der Waals surface area contributed by atoms with Crippen LogP contribution in [-0.4, -0.2) is 49.3 Å². The number of hydrogen-bond acceptors (Lipinski definition) is 5. The molecule has 2 aromatic rings. The molecule has 1 aliphatic heterocycles. The molecule has 1 heterocycles. The maximum absolute atomic E-state index is 12.5. The van der Waals surface area contributed by atoms with Crippen LogP contribution in [0.15, 0.2) is 53.4 Å². The Morgan fingerprint density at radius 1 is 1.15 bits per heavy atom.